The predicted octanol–water partition coefficient (Wildman–Crippen LogP) is 3.06. The standard InChI is InChI=1S/C22H25N3O2/c1-3-24(4-2)15-7-5-14(6-8-15)13-23-25-20(26)18-16-9-10-17(19(18)21(25)27)22(16)11-12-22/h5-10,13,16-19H,3-4,11-12H2,1-2H3/b23-13-/t16-,17+,18-,19+. The molecule has 5 nitrogen and oxygen atoms in total. The Labute approximate surface area is 159 Å². The first kappa shape index (κ1) is 16.7. The first-order valence-electron chi connectivity index (χ1n) is 10.1. The number of anilines is 1. The van der Waals surface area contributed by atoms with Gasteiger partial charge in [0.25, 0.3) is 11.8 Å². The third-order valence-electron chi connectivity index (χ3n) is 7.17. The summed E-state index contributed by atoms with van der Waals surface area (Å²) in [6.45, 7) is 6.19. The lowest BCUT2D eigenvalue weighted by atomic mass is 9.85. The molecular weight excluding hydrogens is 338 g/mol. The second-order valence-electron chi connectivity index (χ2n) is 8.22. The number of hydrogen-bond donors (Lipinski definition) is 0. The molecule has 2 amide bonds. The van der Waals surface area contributed by atoms with Crippen LogP contribution in [0.2, 0.25) is 0 Å². The molecule has 1 aromatic rings. The topological polar surface area (TPSA) is 53.0 Å². The number of amides is 2. The van der Waals surface area contributed by atoms with Crippen molar-refractivity contribution in [2.75, 3.05) is 18.0 Å². The predicted molar refractivity (Wildman–Crippen MR) is 104 cm³/mol. The molecule has 27 heavy (non-hydrogen) atoms. The molecule has 1 heterocycles. The fourth-order valence-corrected chi connectivity index (χ4v) is 5.66. The molecule has 140 valence electrons. The van der Waals surface area contributed by atoms with Crippen LogP contribution in [0.25, 0.3) is 0 Å². The average molecular weight is 363 g/mol. The van der Waals surface area contributed by atoms with E-state index in [4.69, 9.17) is 0 Å². The number of fused-ring (bicyclic) bond motifs is 3. The lowest BCUT2D eigenvalue weighted by Crippen LogP contribution is -2.30. The van der Waals surface area contributed by atoms with Crippen molar-refractivity contribution < 1.29 is 9.59 Å². The van der Waals surface area contributed by atoms with Crippen LogP contribution in [0.4, 0.5) is 5.69 Å². The van der Waals surface area contributed by atoms with E-state index in [1.165, 1.54) is 0 Å². The molecule has 1 spiro atoms. The third kappa shape index (κ3) is 2.20. The normalized spacial score (nSPS) is 32.1. The highest BCUT2D eigenvalue weighted by molar-refractivity contribution is 6.07. The number of imide groups is 1. The molecule has 0 unspecified atom stereocenters. The molecule has 0 N–H and O–H groups in total. The van der Waals surface area contributed by atoms with Crippen LogP contribution in [0.1, 0.15) is 32.3 Å². The van der Waals surface area contributed by atoms with Crippen LogP contribution in [0, 0.1) is 29.1 Å². The number of hydrogen-bond acceptors (Lipinski definition) is 4. The molecule has 1 aromatic carbocycles. The Kier molecular flexibility index (Phi) is 3.58. The van der Waals surface area contributed by atoms with Gasteiger partial charge in [-0.25, -0.2) is 0 Å². The zero-order valence-electron chi connectivity index (χ0n) is 15.8. The highest BCUT2D eigenvalue weighted by Gasteiger charge is 2.73. The van der Waals surface area contributed by atoms with Gasteiger partial charge < -0.3 is 4.90 Å². The Morgan fingerprint density at radius 1 is 1.04 bits per heavy atom. The largest absolute Gasteiger partial charge is 0.372 e. The number of carbonyl (C=O) groups excluding carboxylic acids is 2. The molecule has 4 atom stereocenters. The molecule has 5 rings (SSSR count). The van der Waals surface area contributed by atoms with E-state index in [9.17, 15) is 9.59 Å². The maximum Gasteiger partial charge on any atom is 0.254 e. The van der Waals surface area contributed by atoms with E-state index < -0.39 is 0 Å². The van der Waals surface area contributed by atoms with E-state index in [-0.39, 0.29) is 40.9 Å². The summed E-state index contributed by atoms with van der Waals surface area (Å²) in [7, 11) is 0. The van der Waals surface area contributed by atoms with Gasteiger partial charge in [-0.3, -0.25) is 9.59 Å². The summed E-state index contributed by atoms with van der Waals surface area (Å²) in [5.41, 5.74) is 2.29. The smallest absolute Gasteiger partial charge is 0.254 e. The highest BCUT2D eigenvalue weighted by Crippen LogP contribution is 2.73. The molecule has 0 aromatic heterocycles. The summed E-state index contributed by atoms with van der Waals surface area (Å²) >= 11 is 0. The van der Waals surface area contributed by atoms with Crippen molar-refractivity contribution in [3.05, 3.63) is 42.0 Å². The van der Waals surface area contributed by atoms with Crippen molar-refractivity contribution >= 4 is 23.7 Å². The maximum absolute atomic E-state index is 12.9. The van der Waals surface area contributed by atoms with Crippen LogP contribution in [-0.2, 0) is 9.59 Å². The van der Waals surface area contributed by atoms with Gasteiger partial charge in [-0.1, -0.05) is 24.3 Å². The number of rotatable bonds is 5. The van der Waals surface area contributed by atoms with Crippen LogP contribution < -0.4 is 4.90 Å². The second-order valence-corrected chi connectivity index (χ2v) is 8.22. The molecule has 2 saturated carbocycles. The summed E-state index contributed by atoms with van der Waals surface area (Å²) in [5, 5.41) is 5.42. The maximum atomic E-state index is 12.9. The van der Waals surface area contributed by atoms with Crippen LogP contribution in [0.5, 0.6) is 0 Å². The lowest BCUT2D eigenvalue weighted by Gasteiger charge is -2.21. The number of benzene rings is 1. The van der Waals surface area contributed by atoms with E-state index in [0.717, 1.165) is 42.2 Å². The molecule has 3 aliphatic carbocycles. The van der Waals surface area contributed by atoms with E-state index in [0.29, 0.717) is 0 Å². The van der Waals surface area contributed by atoms with Crippen molar-refractivity contribution in [2.45, 2.75) is 26.7 Å². The van der Waals surface area contributed by atoms with Crippen molar-refractivity contribution in [3.8, 4) is 0 Å². The average Bonchev–Trinajstić information content (AvgIpc) is 3.29. The lowest BCUT2D eigenvalue weighted by molar-refractivity contribution is -0.141. The minimum Gasteiger partial charge on any atom is -0.372 e. The SMILES string of the molecule is CCN(CC)c1ccc(/C=N\N2C(=O)[C@@H]3[C@H](C2=O)[C@H]2C=C[C@@H]3C23CC3)cc1. The minimum atomic E-state index is -0.183. The quantitative estimate of drug-likeness (QED) is 0.459. The number of nitrogens with zero attached hydrogens (tertiary/aromatic N) is 3. The monoisotopic (exact) mass is 363 g/mol. The van der Waals surface area contributed by atoms with E-state index >= 15 is 0 Å². The summed E-state index contributed by atoms with van der Waals surface area (Å²) in [6.07, 6.45) is 8.31. The van der Waals surface area contributed by atoms with E-state index in [1.54, 1.807) is 6.21 Å². The van der Waals surface area contributed by atoms with Crippen molar-refractivity contribution in [1.82, 2.24) is 5.01 Å². The first-order chi connectivity index (χ1) is 13.1. The van der Waals surface area contributed by atoms with Crippen molar-refractivity contribution in [1.29, 1.82) is 0 Å². The van der Waals surface area contributed by atoms with Gasteiger partial charge >= 0.3 is 0 Å². The van der Waals surface area contributed by atoms with Gasteiger partial charge in [0.2, 0.25) is 0 Å². The number of carbonyl (C=O) groups is 2. The Morgan fingerprint density at radius 2 is 1.59 bits per heavy atom. The zero-order valence-corrected chi connectivity index (χ0v) is 15.8. The van der Waals surface area contributed by atoms with Gasteiger partial charge in [-0.15, -0.1) is 0 Å². The Bertz CT molecular complexity index is 815. The van der Waals surface area contributed by atoms with Crippen molar-refractivity contribution in [2.24, 2.45) is 34.2 Å². The highest BCUT2D eigenvalue weighted by atomic mass is 16.2. The van der Waals surface area contributed by atoms with Gasteiger partial charge in [-0.05, 0) is 61.6 Å². The van der Waals surface area contributed by atoms with Crippen LogP contribution in [-0.4, -0.2) is 36.1 Å². The Hall–Kier alpha value is -2.43. The molecular formula is C22H25N3O2. The Morgan fingerprint density at radius 3 is 2.07 bits per heavy atom. The van der Waals surface area contributed by atoms with Gasteiger partial charge in [0.15, 0.2) is 0 Å². The number of hydrazone groups is 1. The molecule has 1 saturated heterocycles. The summed E-state index contributed by atoms with van der Waals surface area (Å²) in [4.78, 5) is 28.1. The van der Waals surface area contributed by atoms with Gasteiger partial charge in [0, 0.05) is 18.8 Å². The van der Waals surface area contributed by atoms with E-state index in [1.807, 2.05) is 12.1 Å². The first-order valence-corrected chi connectivity index (χ1v) is 10.1. The summed E-state index contributed by atoms with van der Waals surface area (Å²) in [6, 6.07) is 8.07. The van der Waals surface area contributed by atoms with Crippen molar-refractivity contribution in [3.63, 3.8) is 0 Å². The molecule has 5 heteroatoms. The van der Waals surface area contributed by atoms with Gasteiger partial charge in [-0.2, -0.15) is 10.1 Å². The molecule has 1 aliphatic heterocycles. The fraction of sp³-hybridized carbons (Fsp3) is 0.500. The fourth-order valence-electron chi connectivity index (χ4n) is 5.66. The third-order valence-corrected chi connectivity index (χ3v) is 7.17. The van der Waals surface area contributed by atoms with Crippen LogP contribution >= 0.6 is 0 Å². The van der Waals surface area contributed by atoms with Gasteiger partial charge in [0.05, 0.1) is 18.1 Å². The summed E-state index contributed by atoms with van der Waals surface area (Å²) < 4.78 is 0. The second kappa shape index (κ2) is 5.78. The van der Waals surface area contributed by atoms with E-state index in [2.05, 4.69) is 48.1 Å². The van der Waals surface area contributed by atoms with Crippen LogP contribution in [0.15, 0.2) is 41.5 Å². The minimum absolute atomic E-state index is 0.107. The number of allylic oxidation sites excluding steroid dienone is 2. The Balaban J connectivity index is 1.34. The van der Waals surface area contributed by atoms with Gasteiger partial charge in [0.1, 0.15) is 0 Å². The molecule has 2 bridgehead atoms. The molecule has 3 fully saturated rings. The summed E-state index contributed by atoms with van der Waals surface area (Å²) in [5.74, 6) is -0.0855. The molecule has 4 aliphatic rings. The molecule has 0 radical (unpaired) electrons. The zero-order chi connectivity index (χ0) is 18.8. The van der Waals surface area contributed by atoms with Crippen LogP contribution in [0.3, 0.4) is 0 Å².